The number of para-hydroxylation sites is 1. The molecule has 0 unspecified atom stereocenters. The summed E-state index contributed by atoms with van der Waals surface area (Å²) in [4.78, 5) is 23.6. The molecule has 1 N–H and O–H groups in total. The SMILES string of the molecule is CC[C@H](SCC(=O)OC)C(=O)Nc1nnc(-c2ccccc2OC)s1. The van der Waals surface area contributed by atoms with Gasteiger partial charge in [0.05, 0.1) is 30.8 Å². The van der Waals surface area contributed by atoms with Crippen LogP contribution in [0.1, 0.15) is 13.3 Å². The van der Waals surface area contributed by atoms with Gasteiger partial charge in [-0.05, 0) is 18.6 Å². The summed E-state index contributed by atoms with van der Waals surface area (Å²) in [6.45, 7) is 1.88. The molecule has 0 saturated carbocycles. The third kappa shape index (κ3) is 5.17. The maximum atomic E-state index is 12.3. The number of rotatable bonds is 8. The number of methoxy groups -OCH3 is 2. The Bertz CT molecular complexity index is 736. The van der Waals surface area contributed by atoms with E-state index in [1.807, 2.05) is 31.2 Å². The van der Waals surface area contributed by atoms with E-state index in [1.54, 1.807) is 7.11 Å². The molecule has 0 radical (unpaired) electrons. The molecule has 7 nitrogen and oxygen atoms in total. The van der Waals surface area contributed by atoms with Crippen molar-refractivity contribution in [3.63, 3.8) is 0 Å². The number of esters is 1. The van der Waals surface area contributed by atoms with Gasteiger partial charge in [0.15, 0.2) is 5.01 Å². The van der Waals surface area contributed by atoms with Gasteiger partial charge in [0.2, 0.25) is 11.0 Å². The Kier molecular flexibility index (Phi) is 7.20. The van der Waals surface area contributed by atoms with Gasteiger partial charge >= 0.3 is 5.97 Å². The van der Waals surface area contributed by atoms with Crippen molar-refractivity contribution in [1.82, 2.24) is 10.2 Å². The minimum absolute atomic E-state index is 0.130. The molecule has 1 amide bonds. The van der Waals surface area contributed by atoms with Gasteiger partial charge in [-0.25, -0.2) is 0 Å². The Morgan fingerprint density at radius 1 is 1.28 bits per heavy atom. The van der Waals surface area contributed by atoms with Gasteiger partial charge in [-0.2, -0.15) is 0 Å². The van der Waals surface area contributed by atoms with E-state index in [4.69, 9.17) is 4.74 Å². The van der Waals surface area contributed by atoms with E-state index in [9.17, 15) is 9.59 Å². The second-order valence-electron chi connectivity index (χ2n) is 4.89. The first kappa shape index (κ1) is 19.2. The van der Waals surface area contributed by atoms with Crippen molar-refractivity contribution < 1.29 is 19.1 Å². The first-order valence-electron chi connectivity index (χ1n) is 7.55. The summed E-state index contributed by atoms with van der Waals surface area (Å²) in [6, 6.07) is 7.47. The number of hydrogen-bond donors (Lipinski definition) is 1. The van der Waals surface area contributed by atoms with Crippen LogP contribution in [0.25, 0.3) is 10.6 Å². The van der Waals surface area contributed by atoms with Crippen molar-refractivity contribution in [2.75, 3.05) is 25.3 Å². The number of ether oxygens (including phenoxy) is 2. The Morgan fingerprint density at radius 3 is 2.72 bits per heavy atom. The number of anilines is 1. The van der Waals surface area contributed by atoms with E-state index < -0.39 is 0 Å². The van der Waals surface area contributed by atoms with Crippen LogP contribution < -0.4 is 10.1 Å². The molecule has 25 heavy (non-hydrogen) atoms. The summed E-state index contributed by atoms with van der Waals surface area (Å²) in [5.41, 5.74) is 0.815. The second kappa shape index (κ2) is 9.38. The van der Waals surface area contributed by atoms with Crippen LogP contribution in [0.4, 0.5) is 5.13 Å². The van der Waals surface area contributed by atoms with Gasteiger partial charge in [0.1, 0.15) is 5.75 Å². The lowest BCUT2D eigenvalue weighted by Crippen LogP contribution is -2.25. The van der Waals surface area contributed by atoms with Crippen molar-refractivity contribution in [3.8, 4) is 16.3 Å². The molecule has 1 aromatic heterocycles. The van der Waals surface area contributed by atoms with Gasteiger partial charge in [0, 0.05) is 0 Å². The summed E-state index contributed by atoms with van der Waals surface area (Å²) < 4.78 is 9.91. The Morgan fingerprint density at radius 2 is 2.04 bits per heavy atom. The lowest BCUT2D eigenvalue weighted by atomic mass is 10.2. The van der Waals surface area contributed by atoms with Crippen molar-refractivity contribution in [2.45, 2.75) is 18.6 Å². The fourth-order valence-corrected chi connectivity index (χ4v) is 3.67. The molecule has 0 spiro atoms. The zero-order chi connectivity index (χ0) is 18.2. The highest BCUT2D eigenvalue weighted by Gasteiger charge is 2.20. The number of thioether (sulfide) groups is 1. The third-order valence-electron chi connectivity index (χ3n) is 3.29. The quantitative estimate of drug-likeness (QED) is 0.703. The van der Waals surface area contributed by atoms with Gasteiger partial charge in [-0.15, -0.1) is 22.0 Å². The van der Waals surface area contributed by atoms with Crippen LogP contribution in [-0.2, 0) is 14.3 Å². The second-order valence-corrected chi connectivity index (χ2v) is 7.05. The Balaban J connectivity index is 2.04. The monoisotopic (exact) mass is 381 g/mol. The minimum atomic E-state index is -0.363. The third-order valence-corrected chi connectivity index (χ3v) is 5.51. The van der Waals surface area contributed by atoms with Gasteiger partial charge in [-0.3, -0.25) is 14.9 Å². The molecule has 1 heterocycles. The van der Waals surface area contributed by atoms with Crippen LogP contribution in [0, 0.1) is 0 Å². The highest BCUT2D eigenvalue weighted by molar-refractivity contribution is 8.01. The van der Waals surface area contributed by atoms with Crippen molar-refractivity contribution in [1.29, 1.82) is 0 Å². The number of aromatic nitrogens is 2. The number of benzene rings is 1. The molecule has 0 saturated heterocycles. The molecule has 1 atom stereocenters. The normalized spacial score (nSPS) is 11.6. The van der Waals surface area contributed by atoms with Crippen molar-refractivity contribution >= 4 is 40.1 Å². The van der Waals surface area contributed by atoms with Crippen LogP contribution in [-0.4, -0.2) is 47.3 Å². The number of nitrogens with one attached hydrogen (secondary N) is 1. The molecule has 0 aliphatic heterocycles. The molecule has 0 fully saturated rings. The zero-order valence-electron chi connectivity index (χ0n) is 14.1. The van der Waals surface area contributed by atoms with E-state index in [2.05, 4.69) is 20.3 Å². The summed E-state index contributed by atoms with van der Waals surface area (Å²) in [5, 5.41) is 11.6. The van der Waals surface area contributed by atoms with E-state index in [0.717, 1.165) is 5.56 Å². The highest BCUT2D eigenvalue weighted by Crippen LogP contribution is 2.33. The van der Waals surface area contributed by atoms with Gasteiger partial charge in [-0.1, -0.05) is 30.4 Å². The van der Waals surface area contributed by atoms with Crippen LogP contribution in [0.2, 0.25) is 0 Å². The molecular formula is C16H19N3O4S2. The molecule has 134 valence electrons. The average Bonchev–Trinajstić information content (AvgIpc) is 3.10. The minimum Gasteiger partial charge on any atom is -0.496 e. The Labute approximate surface area is 154 Å². The molecule has 2 aromatic rings. The molecule has 0 bridgehead atoms. The average molecular weight is 381 g/mol. The number of amides is 1. The predicted octanol–water partition coefficient (Wildman–Crippen LogP) is 2.84. The summed E-state index contributed by atoms with van der Waals surface area (Å²) in [6.07, 6.45) is 0.589. The highest BCUT2D eigenvalue weighted by atomic mass is 32.2. The van der Waals surface area contributed by atoms with Crippen molar-refractivity contribution in [2.24, 2.45) is 0 Å². The maximum Gasteiger partial charge on any atom is 0.315 e. The lowest BCUT2D eigenvalue weighted by Gasteiger charge is -2.12. The van der Waals surface area contributed by atoms with Gasteiger partial charge in [0.25, 0.3) is 0 Å². The van der Waals surface area contributed by atoms with E-state index in [0.29, 0.717) is 22.3 Å². The number of carbonyl (C=O) groups excluding carboxylic acids is 2. The zero-order valence-corrected chi connectivity index (χ0v) is 15.8. The number of carbonyl (C=O) groups is 2. The number of hydrogen-bond acceptors (Lipinski definition) is 8. The molecule has 2 rings (SSSR count). The van der Waals surface area contributed by atoms with Crippen LogP contribution in [0.5, 0.6) is 5.75 Å². The molecular weight excluding hydrogens is 362 g/mol. The lowest BCUT2D eigenvalue weighted by molar-refractivity contribution is -0.137. The largest absolute Gasteiger partial charge is 0.496 e. The van der Waals surface area contributed by atoms with E-state index in [-0.39, 0.29) is 22.9 Å². The first-order valence-corrected chi connectivity index (χ1v) is 9.41. The maximum absolute atomic E-state index is 12.3. The van der Waals surface area contributed by atoms with Gasteiger partial charge < -0.3 is 9.47 Å². The fraction of sp³-hybridized carbons (Fsp3) is 0.375. The summed E-state index contributed by atoms with van der Waals surface area (Å²) in [7, 11) is 2.91. The number of nitrogens with zero attached hydrogens (tertiary/aromatic N) is 2. The summed E-state index contributed by atoms with van der Waals surface area (Å²) in [5.74, 6) is 0.256. The van der Waals surface area contributed by atoms with Crippen molar-refractivity contribution in [3.05, 3.63) is 24.3 Å². The molecule has 0 aliphatic carbocycles. The topological polar surface area (TPSA) is 90.4 Å². The first-order chi connectivity index (χ1) is 12.1. The van der Waals surface area contributed by atoms with E-state index >= 15 is 0 Å². The Hall–Kier alpha value is -2.13. The molecule has 9 heteroatoms. The molecule has 0 aliphatic rings. The standard InChI is InChI=1S/C16H19N3O4S2/c1-4-12(24-9-13(20)23-3)14(21)17-16-19-18-15(25-16)10-7-5-6-8-11(10)22-2/h5-8,12H,4,9H2,1-3H3,(H,17,19,21)/t12-/m0/s1. The van der Waals surface area contributed by atoms with E-state index in [1.165, 1.54) is 30.2 Å². The fourth-order valence-electron chi connectivity index (χ4n) is 2.00. The predicted molar refractivity (Wildman–Crippen MR) is 99.1 cm³/mol. The smallest absolute Gasteiger partial charge is 0.315 e. The van der Waals surface area contributed by atoms with Crippen LogP contribution in [0.15, 0.2) is 24.3 Å². The molecule has 1 aromatic carbocycles. The van der Waals surface area contributed by atoms with Crippen LogP contribution >= 0.6 is 23.1 Å². The van der Waals surface area contributed by atoms with Crippen LogP contribution in [0.3, 0.4) is 0 Å². The summed E-state index contributed by atoms with van der Waals surface area (Å²) >= 11 is 2.51.